The van der Waals surface area contributed by atoms with Gasteiger partial charge in [-0.3, -0.25) is 13.9 Å². The highest BCUT2D eigenvalue weighted by Crippen LogP contribution is 2.27. The molecule has 1 unspecified atom stereocenters. The molecule has 0 aliphatic rings. The van der Waals surface area contributed by atoms with E-state index < -0.39 is 21.6 Å². The average Bonchev–Trinajstić information content (AvgIpc) is 2.75. The van der Waals surface area contributed by atoms with Crippen LogP contribution in [0.15, 0.2) is 46.9 Å². The van der Waals surface area contributed by atoms with Crippen molar-refractivity contribution in [1.82, 2.24) is 10.2 Å². The van der Waals surface area contributed by atoms with E-state index in [1.807, 2.05) is 52.0 Å². The van der Waals surface area contributed by atoms with Crippen molar-refractivity contribution in [3.05, 3.63) is 63.1 Å². The molecule has 0 spiro atoms. The number of hydrogen-bond acceptors (Lipinski definition) is 4. The molecule has 0 aromatic heterocycles. The quantitative estimate of drug-likeness (QED) is 0.402. The molecule has 2 rings (SSSR count). The van der Waals surface area contributed by atoms with Gasteiger partial charge in [-0.15, -0.1) is 0 Å². The van der Waals surface area contributed by atoms with Crippen LogP contribution in [0.1, 0.15) is 51.7 Å². The lowest BCUT2D eigenvalue weighted by atomic mass is 10.1. The number of carbonyl (C=O) groups is 2. The topological polar surface area (TPSA) is 86.8 Å². The number of nitrogens with zero attached hydrogens (tertiary/aromatic N) is 2. The van der Waals surface area contributed by atoms with Gasteiger partial charge in [0.2, 0.25) is 21.8 Å². The Balaban J connectivity index is 2.22. The fourth-order valence-corrected chi connectivity index (χ4v) is 5.12. The van der Waals surface area contributed by atoms with Crippen LogP contribution in [0, 0.1) is 6.92 Å². The second-order valence-electron chi connectivity index (χ2n) is 9.93. The molecule has 0 fully saturated rings. The van der Waals surface area contributed by atoms with Crippen molar-refractivity contribution < 1.29 is 18.0 Å². The first-order valence-corrected chi connectivity index (χ1v) is 14.7. The molecule has 198 valence electrons. The van der Waals surface area contributed by atoms with Gasteiger partial charge in [0.25, 0.3) is 0 Å². The second kappa shape index (κ2) is 12.4. The molecule has 10 heteroatoms. The summed E-state index contributed by atoms with van der Waals surface area (Å²) in [4.78, 5) is 27.8. The second-order valence-corrected chi connectivity index (χ2v) is 13.2. The molecule has 7 nitrogen and oxygen atoms in total. The number of anilines is 1. The summed E-state index contributed by atoms with van der Waals surface area (Å²) in [6.07, 6.45) is 1.49. The predicted molar refractivity (Wildman–Crippen MR) is 150 cm³/mol. The zero-order valence-corrected chi connectivity index (χ0v) is 24.8. The van der Waals surface area contributed by atoms with Crippen LogP contribution in [0.2, 0.25) is 5.02 Å². The Morgan fingerprint density at radius 3 is 2.28 bits per heavy atom. The molecule has 1 N–H and O–H groups in total. The van der Waals surface area contributed by atoms with Crippen molar-refractivity contribution in [1.29, 1.82) is 0 Å². The highest BCUT2D eigenvalue weighted by molar-refractivity contribution is 9.10. The van der Waals surface area contributed by atoms with Crippen molar-refractivity contribution in [2.75, 3.05) is 17.1 Å². The van der Waals surface area contributed by atoms with Gasteiger partial charge in [0.05, 0.1) is 11.9 Å². The predicted octanol–water partition coefficient (Wildman–Crippen LogP) is 5.29. The van der Waals surface area contributed by atoms with Gasteiger partial charge in [-0.2, -0.15) is 0 Å². The highest BCUT2D eigenvalue weighted by atomic mass is 79.9. The molecule has 0 aliphatic carbocycles. The summed E-state index contributed by atoms with van der Waals surface area (Å²) >= 11 is 9.52. The molecule has 2 amide bonds. The van der Waals surface area contributed by atoms with Crippen LogP contribution in [-0.4, -0.2) is 49.5 Å². The van der Waals surface area contributed by atoms with E-state index in [0.717, 1.165) is 21.9 Å². The van der Waals surface area contributed by atoms with Gasteiger partial charge >= 0.3 is 0 Å². The van der Waals surface area contributed by atoms with E-state index in [2.05, 4.69) is 21.2 Å². The number of benzene rings is 2. The van der Waals surface area contributed by atoms with E-state index >= 15 is 0 Å². The molecule has 2 aromatic carbocycles. The number of sulfonamides is 1. The molecular weight excluding hydrogens is 566 g/mol. The summed E-state index contributed by atoms with van der Waals surface area (Å²) < 4.78 is 27.3. The van der Waals surface area contributed by atoms with Crippen molar-refractivity contribution in [3.8, 4) is 0 Å². The van der Waals surface area contributed by atoms with Crippen LogP contribution < -0.4 is 9.62 Å². The van der Waals surface area contributed by atoms with Gasteiger partial charge < -0.3 is 10.2 Å². The van der Waals surface area contributed by atoms with E-state index in [1.54, 1.807) is 30.0 Å². The monoisotopic (exact) mass is 599 g/mol. The largest absolute Gasteiger partial charge is 0.350 e. The van der Waals surface area contributed by atoms with Gasteiger partial charge in [-0.05, 0) is 76.4 Å². The summed E-state index contributed by atoms with van der Waals surface area (Å²) in [5, 5.41) is 3.37. The van der Waals surface area contributed by atoms with Gasteiger partial charge in [0.1, 0.15) is 6.04 Å². The lowest BCUT2D eigenvalue weighted by molar-refractivity contribution is -0.141. The number of hydrogen-bond donors (Lipinski definition) is 1. The van der Waals surface area contributed by atoms with Crippen LogP contribution in [0.3, 0.4) is 0 Å². The Morgan fingerprint density at radius 1 is 1.11 bits per heavy atom. The maximum absolute atomic E-state index is 13.4. The van der Waals surface area contributed by atoms with E-state index in [1.165, 1.54) is 4.31 Å². The first-order valence-electron chi connectivity index (χ1n) is 11.7. The Kier molecular flexibility index (Phi) is 10.4. The SMILES string of the molecule is Cc1ccc(Cl)cc1N(CCCC(=O)N(Cc1ccc(Br)cc1)C(C)C(=O)NC(C)(C)C)S(C)(=O)=O. The lowest BCUT2D eigenvalue weighted by Gasteiger charge is -2.32. The van der Waals surface area contributed by atoms with Gasteiger partial charge in [0, 0.05) is 34.5 Å². The molecule has 0 saturated carbocycles. The smallest absolute Gasteiger partial charge is 0.242 e. The minimum atomic E-state index is -3.60. The van der Waals surface area contributed by atoms with Crippen molar-refractivity contribution in [3.63, 3.8) is 0 Å². The third kappa shape index (κ3) is 9.09. The number of halogens is 2. The molecule has 1 atom stereocenters. The number of rotatable bonds is 10. The minimum absolute atomic E-state index is 0.0787. The Hall–Kier alpha value is -2.10. The molecule has 0 aliphatic heterocycles. The van der Waals surface area contributed by atoms with E-state index in [4.69, 9.17) is 11.6 Å². The zero-order valence-electron chi connectivity index (χ0n) is 21.6. The summed E-state index contributed by atoms with van der Waals surface area (Å²) in [6, 6.07) is 11.9. The fraction of sp³-hybridized carbons (Fsp3) is 0.462. The van der Waals surface area contributed by atoms with E-state index in [0.29, 0.717) is 10.7 Å². The third-order valence-electron chi connectivity index (χ3n) is 5.52. The molecule has 0 saturated heterocycles. The zero-order chi connectivity index (χ0) is 27.3. The molecule has 2 aromatic rings. The Labute approximate surface area is 228 Å². The molecular formula is C26H35BrClN3O4S. The molecule has 0 heterocycles. The third-order valence-corrected chi connectivity index (χ3v) is 7.47. The summed E-state index contributed by atoms with van der Waals surface area (Å²) in [7, 11) is -3.60. The van der Waals surface area contributed by atoms with Crippen LogP contribution in [0.5, 0.6) is 0 Å². The van der Waals surface area contributed by atoms with Crippen molar-refractivity contribution in [2.45, 2.75) is 65.6 Å². The van der Waals surface area contributed by atoms with Gasteiger partial charge in [0.15, 0.2) is 0 Å². The summed E-state index contributed by atoms with van der Waals surface area (Å²) in [5.74, 6) is -0.481. The van der Waals surface area contributed by atoms with Crippen molar-refractivity contribution in [2.24, 2.45) is 0 Å². The minimum Gasteiger partial charge on any atom is -0.350 e. The maximum atomic E-state index is 13.4. The van der Waals surface area contributed by atoms with Crippen LogP contribution in [-0.2, 0) is 26.2 Å². The maximum Gasteiger partial charge on any atom is 0.242 e. The fourth-order valence-electron chi connectivity index (χ4n) is 3.68. The molecule has 0 bridgehead atoms. The Morgan fingerprint density at radius 2 is 1.72 bits per heavy atom. The lowest BCUT2D eigenvalue weighted by Crippen LogP contribution is -2.52. The van der Waals surface area contributed by atoms with E-state index in [-0.39, 0.29) is 37.7 Å². The normalized spacial score (nSPS) is 12.7. The number of carbonyl (C=O) groups excluding carboxylic acids is 2. The molecule has 0 radical (unpaired) electrons. The summed E-state index contributed by atoms with van der Waals surface area (Å²) in [6.45, 7) is 9.54. The van der Waals surface area contributed by atoms with E-state index in [9.17, 15) is 18.0 Å². The van der Waals surface area contributed by atoms with Crippen LogP contribution in [0.25, 0.3) is 0 Å². The first kappa shape index (κ1) is 30.1. The van der Waals surface area contributed by atoms with Gasteiger partial charge in [-0.1, -0.05) is 45.7 Å². The Bertz CT molecular complexity index is 1180. The number of nitrogens with one attached hydrogen (secondary N) is 1. The highest BCUT2D eigenvalue weighted by Gasteiger charge is 2.28. The average molecular weight is 601 g/mol. The standard InChI is InChI=1S/C26H35BrClN3O4S/c1-18-9-14-22(28)16-23(18)31(36(6,34)35)15-7-8-24(32)30(17-20-10-12-21(27)13-11-20)19(2)25(33)29-26(3,4)5/h9-14,16,19H,7-8,15,17H2,1-6H3,(H,29,33). The van der Waals surface area contributed by atoms with Crippen molar-refractivity contribution >= 4 is 55.1 Å². The first-order chi connectivity index (χ1) is 16.6. The van der Waals surface area contributed by atoms with Gasteiger partial charge in [-0.25, -0.2) is 8.42 Å². The summed E-state index contributed by atoms with van der Waals surface area (Å²) in [5.41, 5.74) is 1.69. The van der Waals surface area contributed by atoms with Crippen LogP contribution in [0.4, 0.5) is 5.69 Å². The number of aryl methyl sites for hydroxylation is 1. The van der Waals surface area contributed by atoms with Crippen LogP contribution >= 0.6 is 27.5 Å². The number of amides is 2. The molecule has 36 heavy (non-hydrogen) atoms.